The maximum atomic E-state index is 12.4. The lowest BCUT2D eigenvalue weighted by Gasteiger charge is -2.39. The smallest absolute Gasteiger partial charge is 0.402 e. The number of fused-ring (bicyclic) bond motifs is 1. The zero-order chi connectivity index (χ0) is 39.7. The molecule has 19 nitrogen and oxygen atoms in total. The number of hydrogen-bond donors (Lipinski definition) is 12. The number of hydrogen-bond acceptors (Lipinski definition) is 18. The summed E-state index contributed by atoms with van der Waals surface area (Å²) < 4.78 is 34.1. The minimum Gasteiger partial charge on any atom is -0.508 e. The Hall–Kier alpha value is -5.48. The highest BCUT2D eigenvalue weighted by atomic mass is 16.7. The van der Waals surface area contributed by atoms with Crippen molar-refractivity contribution in [2.24, 2.45) is 0 Å². The first kappa shape index (κ1) is 39.2. The van der Waals surface area contributed by atoms with Crippen LogP contribution in [0.25, 0.3) is 28.4 Å². The van der Waals surface area contributed by atoms with Gasteiger partial charge in [0.2, 0.25) is 18.3 Å². The molecule has 55 heavy (non-hydrogen) atoms. The fourth-order valence-corrected chi connectivity index (χ4v) is 5.82. The molecule has 4 aromatic rings. The van der Waals surface area contributed by atoms with Gasteiger partial charge in [0, 0.05) is 30.3 Å². The van der Waals surface area contributed by atoms with Gasteiger partial charge in [0.25, 0.3) is 0 Å². The fraction of sp³-hybridized carbons (Fsp3) is 0.333. The Bertz CT molecular complexity index is 2010. The molecule has 0 aliphatic carbocycles. The Labute approximate surface area is 309 Å². The molecule has 1 aromatic heterocycles. The first-order valence-corrected chi connectivity index (χ1v) is 16.5. The van der Waals surface area contributed by atoms with Crippen LogP contribution in [-0.4, -0.2) is 142 Å². The van der Waals surface area contributed by atoms with Crippen LogP contribution in [0.15, 0.2) is 65.1 Å². The van der Waals surface area contributed by atoms with Gasteiger partial charge in [-0.3, -0.25) is 0 Å². The van der Waals surface area contributed by atoms with Crippen LogP contribution < -0.4 is 9.47 Å². The Morgan fingerprint density at radius 3 is 1.89 bits per heavy atom. The van der Waals surface area contributed by atoms with Gasteiger partial charge in [0.15, 0.2) is 17.2 Å². The third-order valence-electron chi connectivity index (χ3n) is 8.83. The van der Waals surface area contributed by atoms with E-state index in [1.165, 1.54) is 36.4 Å². The monoisotopic (exact) mass is 773 g/mol. The summed E-state index contributed by atoms with van der Waals surface area (Å²) in [6.07, 6.45) is -15.1. The van der Waals surface area contributed by atoms with Crippen LogP contribution in [0.3, 0.4) is 0 Å². The number of aromatic hydroxyl groups is 5. The Kier molecular flexibility index (Phi) is 11.5. The van der Waals surface area contributed by atoms with Crippen molar-refractivity contribution in [1.29, 1.82) is 0 Å². The molecule has 19 heteroatoms. The third kappa shape index (κ3) is 8.29. The highest BCUT2D eigenvalue weighted by molar-refractivity contribution is 5.89. The zero-order valence-electron chi connectivity index (χ0n) is 28.3. The van der Waals surface area contributed by atoms with Crippen molar-refractivity contribution >= 4 is 23.0 Å². The van der Waals surface area contributed by atoms with E-state index in [1.54, 1.807) is 0 Å². The van der Waals surface area contributed by atoms with Crippen LogP contribution >= 0.6 is 0 Å². The highest BCUT2D eigenvalue weighted by Gasteiger charge is 2.47. The molecule has 3 aromatic carbocycles. The van der Waals surface area contributed by atoms with Crippen LogP contribution in [0.5, 0.6) is 40.2 Å². The van der Waals surface area contributed by atoms with E-state index in [4.69, 9.17) is 28.1 Å². The van der Waals surface area contributed by atoms with E-state index in [2.05, 4.69) is 0 Å². The molecule has 3 heterocycles. The van der Waals surface area contributed by atoms with Crippen molar-refractivity contribution < 1.29 is 94.2 Å². The lowest BCUT2D eigenvalue weighted by Crippen LogP contribution is -2.60. The van der Waals surface area contributed by atoms with Crippen molar-refractivity contribution in [2.45, 2.75) is 61.4 Å². The molecule has 2 aliphatic heterocycles. The van der Waals surface area contributed by atoms with Crippen molar-refractivity contribution in [3.8, 4) is 51.6 Å². The lowest BCUT2D eigenvalue weighted by atomic mass is 9.99. The van der Waals surface area contributed by atoms with Crippen molar-refractivity contribution in [3.05, 3.63) is 66.2 Å². The number of rotatable bonds is 10. The number of ether oxygens (including phenoxy) is 5. The van der Waals surface area contributed by atoms with Crippen LogP contribution in [0.1, 0.15) is 5.56 Å². The van der Waals surface area contributed by atoms with Crippen molar-refractivity contribution in [3.63, 3.8) is 0 Å². The number of carbonyl (C=O) groups excluding carboxylic acids is 1. The third-order valence-corrected chi connectivity index (χ3v) is 8.83. The minimum atomic E-state index is -1.97. The maximum absolute atomic E-state index is 12.4. The van der Waals surface area contributed by atoms with Gasteiger partial charge < -0.3 is 85.0 Å². The summed E-state index contributed by atoms with van der Waals surface area (Å²) in [4.78, 5) is 12.4. The molecular weight excluding hydrogens is 736 g/mol. The zero-order valence-corrected chi connectivity index (χ0v) is 28.3. The fourth-order valence-electron chi connectivity index (χ4n) is 5.82. The summed E-state index contributed by atoms with van der Waals surface area (Å²) in [6, 6.07) is 11.2. The number of carbonyl (C=O) groups is 1. The summed E-state index contributed by atoms with van der Waals surface area (Å²) >= 11 is 0. The number of benzene rings is 3. The number of esters is 1. The first-order chi connectivity index (χ1) is 26.1. The molecule has 2 saturated heterocycles. The number of aliphatic hydroxyl groups excluding tert-OH is 7. The normalized spacial score (nSPS) is 28.3. The highest BCUT2D eigenvalue weighted by Crippen LogP contribution is 2.45. The summed E-state index contributed by atoms with van der Waals surface area (Å²) in [5.41, 5.74) is 0.223. The molecule has 6 rings (SSSR count). The largest absolute Gasteiger partial charge is 0.508 e. The van der Waals surface area contributed by atoms with Crippen LogP contribution in [0.2, 0.25) is 0 Å². The van der Waals surface area contributed by atoms with Crippen molar-refractivity contribution in [2.75, 3.05) is 13.2 Å². The van der Waals surface area contributed by atoms with E-state index >= 15 is 0 Å². The topological polar surface area (TPSA) is 317 Å². The van der Waals surface area contributed by atoms with Crippen LogP contribution in [0.4, 0.5) is 0 Å². The van der Waals surface area contributed by atoms with Gasteiger partial charge >= 0.3 is 17.3 Å². The average Bonchev–Trinajstić information content (AvgIpc) is 3.16. The van der Waals surface area contributed by atoms with Gasteiger partial charge in [-0.15, -0.1) is 0 Å². The average molecular weight is 774 g/mol. The summed E-state index contributed by atoms with van der Waals surface area (Å²) in [5.74, 6) is -4.82. The minimum absolute atomic E-state index is 0.0191. The lowest BCUT2D eigenvalue weighted by molar-refractivity contribution is -0.278. The quantitative estimate of drug-likeness (QED) is 0.0419. The van der Waals surface area contributed by atoms with E-state index in [0.717, 1.165) is 30.3 Å². The Morgan fingerprint density at radius 2 is 1.27 bits per heavy atom. The van der Waals surface area contributed by atoms with Gasteiger partial charge in [-0.2, -0.15) is 0 Å². The second-order valence-corrected chi connectivity index (χ2v) is 12.7. The molecule has 2 fully saturated rings. The number of phenolic OH excluding ortho intramolecular Hbond substituents is 5. The summed E-state index contributed by atoms with van der Waals surface area (Å²) in [7, 11) is 0. The van der Waals surface area contributed by atoms with Crippen LogP contribution in [0, 0.1) is 0 Å². The Morgan fingerprint density at radius 1 is 0.691 bits per heavy atom. The maximum Gasteiger partial charge on any atom is 0.402 e. The van der Waals surface area contributed by atoms with Crippen molar-refractivity contribution in [1.82, 2.24) is 0 Å². The summed E-state index contributed by atoms with van der Waals surface area (Å²) in [5, 5.41) is 123. The summed E-state index contributed by atoms with van der Waals surface area (Å²) in [6.45, 7) is -1.41. The van der Waals surface area contributed by atoms with E-state index in [1.807, 2.05) is 0 Å². The van der Waals surface area contributed by atoms with Gasteiger partial charge in [-0.1, -0.05) is 12.1 Å². The molecule has 10 unspecified atom stereocenters. The number of aliphatic hydroxyl groups is 7. The van der Waals surface area contributed by atoms with Gasteiger partial charge in [0.1, 0.15) is 78.1 Å². The predicted molar refractivity (Wildman–Crippen MR) is 183 cm³/mol. The molecule has 0 saturated carbocycles. The molecule has 10 atom stereocenters. The van der Waals surface area contributed by atoms with Crippen LogP contribution in [-0.2, 0) is 19.0 Å². The Balaban J connectivity index is 1.33. The molecule has 0 radical (unpaired) electrons. The molecule has 0 spiro atoms. The van der Waals surface area contributed by atoms with E-state index < -0.39 is 104 Å². The molecule has 12 N–H and O–H groups in total. The molecule has 0 bridgehead atoms. The second kappa shape index (κ2) is 16.1. The van der Waals surface area contributed by atoms with Gasteiger partial charge in [0.05, 0.1) is 18.2 Å². The van der Waals surface area contributed by atoms with E-state index in [9.17, 15) is 66.1 Å². The molecule has 294 valence electrons. The predicted octanol–water partition coefficient (Wildman–Crippen LogP) is -0.469. The van der Waals surface area contributed by atoms with Gasteiger partial charge in [-0.25, -0.2) is 9.21 Å². The van der Waals surface area contributed by atoms with E-state index in [-0.39, 0.29) is 39.5 Å². The van der Waals surface area contributed by atoms with Gasteiger partial charge in [-0.05, 0) is 23.8 Å². The standard InChI is InChI=1S/C36H36O19/c37-12-24-28(44)30(46)32(48)35(54-24)52-22-10-17(39)9-21-18(22)11-23(34(51-21)15-7-19(40)27(43)20(41)8-15)53-36-33(49)31(47)29(45)25(55-36)13-50-26(42)6-3-14-1-4-16(38)5-2-14/h1-11,24-25,28-33,35-37,44-49H,12-13H2,(H4-,38,39,40,41,42,43)/p+1. The first-order valence-electron chi connectivity index (χ1n) is 16.5. The molecule has 2 aliphatic rings. The molecular formula is C36H37O19+. The van der Waals surface area contributed by atoms with E-state index in [0.29, 0.717) is 5.56 Å². The second-order valence-electron chi connectivity index (χ2n) is 12.7. The SMILES string of the molecule is O=C(/C=C/c1ccc(O)cc1)OCC1OC(Oc2cc3c(OC4OC(CO)C(O)C(O)C4O)cc(O)cc3[o+]c2-c2cc(O)c(O)c(O)c2)C(O)C(O)C1O. The number of phenols is 5. The molecule has 0 amide bonds.